The van der Waals surface area contributed by atoms with Crippen LogP contribution in [-0.2, 0) is 6.73 Å². The van der Waals surface area contributed by atoms with Gasteiger partial charge in [0, 0.05) is 11.6 Å². The Morgan fingerprint density at radius 1 is 1.67 bits per heavy atom. The molecule has 0 bridgehead atoms. The van der Waals surface area contributed by atoms with Crippen LogP contribution in [0.4, 0.5) is 0 Å². The minimum Gasteiger partial charge on any atom is -0.339 e. The van der Waals surface area contributed by atoms with Crippen molar-refractivity contribution in [3.63, 3.8) is 0 Å². The molecule has 0 unspecified atom stereocenters. The molecule has 1 N–H and O–H groups in total. The van der Waals surface area contributed by atoms with Gasteiger partial charge in [-0.1, -0.05) is 0 Å². The van der Waals surface area contributed by atoms with Gasteiger partial charge in [0.15, 0.2) is 12.4 Å². The first-order chi connectivity index (χ1) is 4.33. The lowest BCUT2D eigenvalue weighted by Gasteiger charge is -1.89. The maximum atomic E-state index is 8.62. The highest BCUT2D eigenvalue weighted by molar-refractivity contribution is 5.01. The van der Waals surface area contributed by atoms with Crippen LogP contribution >= 0.6 is 0 Å². The van der Waals surface area contributed by atoms with Gasteiger partial charge < -0.3 is 5.11 Å². The molecule has 0 amide bonds. The average Bonchev–Trinajstić information content (AvgIpc) is 1.88. The first-order valence-electron chi connectivity index (χ1n) is 2.89. The molecule has 0 aliphatic heterocycles. The van der Waals surface area contributed by atoms with E-state index in [0.717, 1.165) is 5.56 Å². The van der Waals surface area contributed by atoms with Crippen LogP contribution in [0.15, 0.2) is 24.5 Å². The van der Waals surface area contributed by atoms with Gasteiger partial charge in [0.25, 0.3) is 0 Å². The number of aliphatic hydroxyl groups is 1. The van der Waals surface area contributed by atoms with Gasteiger partial charge in [-0.2, -0.15) is 4.57 Å². The quantitative estimate of drug-likeness (QED) is 0.532. The Labute approximate surface area is 54.4 Å². The topological polar surface area (TPSA) is 24.1 Å². The van der Waals surface area contributed by atoms with Crippen molar-refractivity contribution in [1.82, 2.24) is 0 Å². The molecule has 1 aromatic rings. The fourth-order valence-corrected chi connectivity index (χ4v) is 0.741. The summed E-state index contributed by atoms with van der Waals surface area (Å²) in [6.45, 7) is 2.05. The number of pyridine rings is 1. The molecule has 0 aliphatic rings. The number of nitrogens with zero attached hydrogens (tertiary/aromatic N) is 1. The first kappa shape index (κ1) is 6.23. The molecule has 9 heavy (non-hydrogen) atoms. The molecule has 0 spiro atoms. The van der Waals surface area contributed by atoms with E-state index in [1.807, 2.05) is 31.5 Å². The predicted octanol–water partition coefficient (Wildman–Crippen LogP) is 0.232. The number of aliphatic hydroxyl groups excluding tert-OH is 1. The number of rotatable bonds is 1. The Morgan fingerprint density at radius 3 is 2.89 bits per heavy atom. The summed E-state index contributed by atoms with van der Waals surface area (Å²) < 4.78 is 1.72. The van der Waals surface area contributed by atoms with Crippen molar-refractivity contribution in [2.24, 2.45) is 0 Å². The van der Waals surface area contributed by atoms with E-state index in [0.29, 0.717) is 0 Å². The first-order valence-corrected chi connectivity index (χ1v) is 2.89. The Hall–Kier alpha value is -0.890. The van der Waals surface area contributed by atoms with E-state index < -0.39 is 0 Å². The minimum absolute atomic E-state index is 0.0572. The van der Waals surface area contributed by atoms with Crippen molar-refractivity contribution in [2.75, 3.05) is 0 Å². The highest BCUT2D eigenvalue weighted by atomic mass is 16.3. The van der Waals surface area contributed by atoms with E-state index in [4.69, 9.17) is 5.11 Å². The van der Waals surface area contributed by atoms with Crippen molar-refractivity contribution in [3.05, 3.63) is 30.1 Å². The van der Waals surface area contributed by atoms with Crippen LogP contribution in [0, 0.1) is 6.92 Å². The molecule has 1 heterocycles. The predicted molar refractivity (Wildman–Crippen MR) is 33.6 cm³/mol. The molecule has 1 aromatic heterocycles. The summed E-state index contributed by atoms with van der Waals surface area (Å²) in [6, 6.07) is 3.90. The number of hydrogen-bond acceptors (Lipinski definition) is 1. The number of aromatic nitrogens is 1. The normalized spacial score (nSPS) is 9.56. The molecule has 2 nitrogen and oxygen atoms in total. The van der Waals surface area contributed by atoms with Crippen LogP contribution < -0.4 is 4.57 Å². The third-order valence-corrected chi connectivity index (χ3v) is 1.17. The standard InChI is InChI=1S/C7H10NO/c1-7-3-2-4-8(5-7)6-9/h2-5,9H,6H2,1H3/q+1. The van der Waals surface area contributed by atoms with E-state index in [1.165, 1.54) is 0 Å². The zero-order valence-electron chi connectivity index (χ0n) is 5.41. The lowest BCUT2D eigenvalue weighted by Crippen LogP contribution is -2.32. The molecule has 0 aromatic carbocycles. The van der Waals surface area contributed by atoms with E-state index >= 15 is 0 Å². The molecular weight excluding hydrogens is 114 g/mol. The zero-order valence-corrected chi connectivity index (χ0v) is 5.41. The molecule has 0 saturated carbocycles. The average molecular weight is 124 g/mol. The van der Waals surface area contributed by atoms with Gasteiger partial charge >= 0.3 is 0 Å². The number of hydrogen-bond donors (Lipinski definition) is 1. The number of aryl methyl sites for hydroxylation is 1. The third kappa shape index (κ3) is 1.50. The molecule has 48 valence electrons. The minimum atomic E-state index is 0.0572. The van der Waals surface area contributed by atoms with Crippen molar-refractivity contribution >= 4 is 0 Å². The van der Waals surface area contributed by atoms with Crippen molar-refractivity contribution in [1.29, 1.82) is 0 Å². The summed E-state index contributed by atoms with van der Waals surface area (Å²) in [5.74, 6) is 0. The molecule has 1 rings (SSSR count). The highest BCUT2D eigenvalue weighted by Gasteiger charge is 1.93. The van der Waals surface area contributed by atoms with Crippen LogP contribution in [0.5, 0.6) is 0 Å². The maximum absolute atomic E-state index is 8.62. The summed E-state index contributed by atoms with van der Waals surface area (Å²) in [4.78, 5) is 0. The second kappa shape index (κ2) is 2.60. The van der Waals surface area contributed by atoms with E-state index in [9.17, 15) is 0 Å². The van der Waals surface area contributed by atoms with Gasteiger partial charge in [0.05, 0.1) is 0 Å². The molecule has 0 aliphatic carbocycles. The Morgan fingerprint density at radius 2 is 2.44 bits per heavy atom. The van der Waals surface area contributed by atoms with Crippen LogP contribution in [0.2, 0.25) is 0 Å². The van der Waals surface area contributed by atoms with E-state index in [2.05, 4.69) is 0 Å². The van der Waals surface area contributed by atoms with Crippen molar-refractivity contribution in [2.45, 2.75) is 13.7 Å². The summed E-state index contributed by atoms with van der Waals surface area (Å²) >= 11 is 0. The van der Waals surface area contributed by atoms with Crippen molar-refractivity contribution in [3.8, 4) is 0 Å². The molecule has 0 atom stereocenters. The molecule has 0 saturated heterocycles. The summed E-state index contributed by atoms with van der Waals surface area (Å²) in [5, 5.41) is 8.62. The maximum Gasteiger partial charge on any atom is 0.250 e. The van der Waals surface area contributed by atoms with Crippen LogP contribution in [0.25, 0.3) is 0 Å². The lowest BCUT2D eigenvalue weighted by molar-refractivity contribution is -0.730. The lowest BCUT2D eigenvalue weighted by atomic mass is 10.3. The smallest absolute Gasteiger partial charge is 0.250 e. The SMILES string of the molecule is Cc1ccc[n+](CO)c1. The second-order valence-corrected chi connectivity index (χ2v) is 2.04. The molecule has 0 radical (unpaired) electrons. The Bertz CT molecular complexity index is 198. The molecular formula is C7H10NO+. The van der Waals surface area contributed by atoms with Gasteiger partial charge in [-0.05, 0) is 13.0 Å². The van der Waals surface area contributed by atoms with Gasteiger partial charge in [-0.15, -0.1) is 0 Å². The molecule has 2 heteroatoms. The van der Waals surface area contributed by atoms with Crippen LogP contribution in [0.3, 0.4) is 0 Å². The van der Waals surface area contributed by atoms with Gasteiger partial charge in [0.1, 0.15) is 0 Å². The Balaban J connectivity index is 2.94. The van der Waals surface area contributed by atoms with Crippen molar-refractivity contribution < 1.29 is 9.67 Å². The Kier molecular flexibility index (Phi) is 1.80. The van der Waals surface area contributed by atoms with Gasteiger partial charge in [-0.3, -0.25) is 0 Å². The molecule has 0 fully saturated rings. The van der Waals surface area contributed by atoms with Gasteiger partial charge in [0.2, 0.25) is 6.73 Å². The largest absolute Gasteiger partial charge is 0.339 e. The summed E-state index contributed by atoms with van der Waals surface area (Å²) in [7, 11) is 0. The fraction of sp³-hybridized carbons (Fsp3) is 0.286. The third-order valence-electron chi connectivity index (χ3n) is 1.17. The van der Waals surface area contributed by atoms with E-state index in [-0.39, 0.29) is 6.73 Å². The fourth-order valence-electron chi connectivity index (χ4n) is 0.741. The van der Waals surface area contributed by atoms with E-state index in [1.54, 1.807) is 4.57 Å². The summed E-state index contributed by atoms with van der Waals surface area (Å²) in [5.41, 5.74) is 1.16. The van der Waals surface area contributed by atoms with Crippen LogP contribution in [0.1, 0.15) is 5.56 Å². The second-order valence-electron chi connectivity index (χ2n) is 2.04. The van der Waals surface area contributed by atoms with Gasteiger partial charge in [-0.25, -0.2) is 0 Å². The monoisotopic (exact) mass is 124 g/mol. The summed E-state index contributed by atoms with van der Waals surface area (Å²) in [6.07, 6.45) is 3.72. The zero-order chi connectivity index (χ0) is 6.69. The highest BCUT2D eigenvalue weighted by Crippen LogP contribution is 1.87. The van der Waals surface area contributed by atoms with Crippen LogP contribution in [-0.4, -0.2) is 5.11 Å².